The lowest BCUT2D eigenvalue weighted by Crippen LogP contribution is -2.41. The number of nitrogens with one attached hydrogen (secondary N) is 1. The second kappa shape index (κ2) is 6.98. The number of hydrogen-bond acceptors (Lipinski definition) is 6. The second-order valence-corrected chi connectivity index (χ2v) is 4.79. The van der Waals surface area contributed by atoms with E-state index in [1.807, 2.05) is 0 Å². The molecule has 0 unspecified atom stereocenters. The molecule has 21 heavy (non-hydrogen) atoms. The third-order valence-electron chi connectivity index (χ3n) is 3.27. The number of carbonyl (C=O) groups excluding carboxylic acids is 1. The number of carbonyl (C=O) groups is 1. The molecule has 0 spiro atoms. The maximum atomic E-state index is 11.9. The molecule has 0 radical (unpaired) electrons. The molecule has 8 nitrogen and oxygen atoms in total. The lowest BCUT2D eigenvalue weighted by Gasteiger charge is -2.26. The third kappa shape index (κ3) is 4.12. The summed E-state index contributed by atoms with van der Waals surface area (Å²) in [5.41, 5.74) is 0.644. The van der Waals surface area contributed by atoms with Crippen molar-refractivity contribution in [1.82, 2.24) is 9.88 Å². The second-order valence-electron chi connectivity index (χ2n) is 4.79. The van der Waals surface area contributed by atoms with Crippen molar-refractivity contribution in [2.75, 3.05) is 38.2 Å². The summed E-state index contributed by atoms with van der Waals surface area (Å²) in [5.74, 6) is 0.640. The number of nitro groups is 1. The van der Waals surface area contributed by atoms with Crippen LogP contribution in [0.3, 0.4) is 0 Å². The molecule has 1 aromatic heterocycles. The van der Waals surface area contributed by atoms with E-state index in [9.17, 15) is 14.9 Å². The maximum absolute atomic E-state index is 11.9. The minimum absolute atomic E-state index is 0.0394. The van der Waals surface area contributed by atoms with Crippen molar-refractivity contribution in [1.29, 1.82) is 0 Å². The lowest BCUT2D eigenvalue weighted by atomic mass is 10.2. The van der Waals surface area contributed by atoms with Crippen molar-refractivity contribution in [2.45, 2.75) is 13.3 Å². The zero-order valence-corrected chi connectivity index (χ0v) is 11.9. The Morgan fingerprint density at radius 1 is 1.52 bits per heavy atom. The molecule has 1 N–H and O–H groups in total. The molecule has 1 amide bonds. The maximum Gasteiger partial charge on any atom is 0.287 e. The van der Waals surface area contributed by atoms with E-state index in [4.69, 9.17) is 4.74 Å². The van der Waals surface area contributed by atoms with Gasteiger partial charge in [-0.15, -0.1) is 0 Å². The molecular formula is C13H18N4O4. The van der Waals surface area contributed by atoms with Crippen molar-refractivity contribution >= 4 is 17.4 Å². The van der Waals surface area contributed by atoms with Gasteiger partial charge in [-0.1, -0.05) is 0 Å². The molecule has 0 saturated carbocycles. The van der Waals surface area contributed by atoms with Crippen molar-refractivity contribution in [2.24, 2.45) is 0 Å². The number of aromatic nitrogens is 1. The number of aryl methyl sites for hydroxylation is 1. The molecule has 1 aliphatic heterocycles. The highest BCUT2D eigenvalue weighted by molar-refractivity contribution is 5.76. The molecule has 0 aromatic carbocycles. The number of ether oxygens (including phenoxy) is 1. The van der Waals surface area contributed by atoms with E-state index < -0.39 is 4.92 Å². The highest BCUT2D eigenvalue weighted by atomic mass is 16.6. The number of anilines is 1. The van der Waals surface area contributed by atoms with Crippen molar-refractivity contribution in [3.8, 4) is 0 Å². The molecule has 2 rings (SSSR count). The molecule has 0 atom stereocenters. The average Bonchev–Trinajstić information content (AvgIpc) is 2.49. The Labute approximate surface area is 122 Å². The van der Waals surface area contributed by atoms with Crippen LogP contribution in [0.1, 0.15) is 12.0 Å². The van der Waals surface area contributed by atoms with Crippen LogP contribution in [0.15, 0.2) is 12.3 Å². The molecular weight excluding hydrogens is 276 g/mol. The molecule has 1 aromatic rings. The number of rotatable bonds is 5. The summed E-state index contributed by atoms with van der Waals surface area (Å²) in [5, 5.41) is 13.7. The Balaban J connectivity index is 1.83. The van der Waals surface area contributed by atoms with Crippen molar-refractivity contribution in [3.05, 3.63) is 27.9 Å². The Morgan fingerprint density at radius 3 is 2.86 bits per heavy atom. The Bertz CT molecular complexity index is 529. The van der Waals surface area contributed by atoms with Crippen LogP contribution in [0.5, 0.6) is 0 Å². The molecule has 0 aliphatic carbocycles. The van der Waals surface area contributed by atoms with E-state index in [1.54, 1.807) is 11.8 Å². The number of morpholine rings is 1. The van der Waals surface area contributed by atoms with Gasteiger partial charge in [0.05, 0.1) is 18.1 Å². The lowest BCUT2D eigenvalue weighted by molar-refractivity contribution is -0.385. The number of amides is 1. The molecule has 0 bridgehead atoms. The minimum atomic E-state index is -0.480. The van der Waals surface area contributed by atoms with Gasteiger partial charge in [0.2, 0.25) is 5.91 Å². The molecule has 1 fully saturated rings. The SMILES string of the molecule is Cc1cc([N+](=O)[O-])cnc1NCCC(=O)N1CCOCC1. The van der Waals surface area contributed by atoms with Gasteiger partial charge in [-0.2, -0.15) is 0 Å². The summed E-state index contributed by atoms with van der Waals surface area (Å²) in [6.07, 6.45) is 1.57. The predicted molar refractivity (Wildman–Crippen MR) is 76.1 cm³/mol. The van der Waals surface area contributed by atoms with Crippen LogP contribution < -0.4 is 5.32 Å². The molecule has 8 heteroatoms. The summed E-state index contributed by atoms with van der Waals surface area (Å²) < 4.78 is 5.20. The van der Waals surface area contributed by atoms with Crippen LogP contribution in [-0.4, -0.2) is 53.6 Å². The highest BCUT2D eigenvalue weighted by Gasteiger charge is 2.16. The predicted octanol–water partition coefficient (Wildman–Crippen LogP) is 0.959. The Kier molecular flexibility index (Phi) is 5.04. The zero-order valence-electron chi connectivity index (χ0n) is 11.9. The number of nitrogens with zero attached hydrogens (tertiary/aromatic N) is 3. The third-order valence-corrected chi connectivity index (χ3v) is 3.27. The van der Waals surface area contributed by atoms with E-state index in [0.717, 1.165) is 0 Å². The van der Waals surface area contributed by atoms with E-state index in [2.05, 4.69) is 10.3 Å². The topological polar surface area (TPSA) is 97.6 Å². The van der Waals surface area contributed by atoms with Gasteiger partial charge in [-0.05, 0) is 12.5 Å². The largest absolute Gasteiger partial charge is 0.378 e. The van der Waals surface area contributed by atoms with E-state index >= 15 is 0 Å². The minimum Gasteiger partial charge on any atom is -0.378 e. The summed E-state index contributed by atoms with van der Waals surface area (Å²) in [7, 11) is 0. The van der Waals surface area contributed by atoms with Crippen LogP contribution in [0, 0.1) is 17.0 Å². The Hall–Kier alpha value is -2.22. The van der Waals surface area contributed by atoms with Crippen LogP contribution in [0.25, 0.3) is 0 Å². The quantitative estimate of drug-likeness (QED) is 0.641. The summed E-state index contributed by atoms with van der Waals surface area (Å²) in [6.45, 7) is 4.62. The standard InChI is InChI=1S/C13H18N4O4/c1-10-8-11(17(19)20)9-15-13(10)14-3-2-12(18)16-4-6-21-7-5-16/h8-9H,2-7H2,1H3,(H,14,15). The van der Waals surface area contributed by atoms with Gasteiger partial charge >= 0.3 is 0 Å². The number of hydrogen-bond donors (Lipinski definition) is 1. The smallest absolute Gasteiger partial charge is 0.287 e. The van der Waals surface area contributed by atoms with E-state index in [1.165, 1.54) is 12.3 Å². The van der Waals surface area contributed by atoms with Crippen LogP contribution in [-0.2, 0) is 9.53 Å². The Morgan fingerprint density at radius 2 is 2.24 bits per heavy atom. The van der Waals surface area contributed by atoms with E-state index in [-0.39, 0.29) is 11.6 Å². The molecule has 114 valence electrons. The molecule has 1 aliphatic rings. The molecule has 2 heterocycles. The first-order chi connectivity index (χ1) is 10.1. The normalized spacial score (nSPS) is 14.8. The summed E-state index contributed by atoms with van der Waals surface area (Å²) in [6, 6.07) is 1.46. The number of pyridine rings is 1. The molecule has 1 saturated heterocycles. The fraction of sp³-hybridized carbons (Fsp3) is 0.538. The van der Waals surface area contributed by atoms with Crippen molar-refractivity contribution < 1.29 is 14.5 Å². The fourth-order valence-electron chi connectivity index (χ4n) is 2.10. The zero-order chi connectivity index (χ0) is 15.2. The van der Waals surface area contributed by atoms with Crippen molar-refractivity contribution in [3.63, 3.8) is 0 Å². The van der Waals surface area contributed by atoms with Gasteiger partial charge in [-0.3, -0.25) is 14.9 Å². The van der Waals surface area contributed by atoms with Crippen LogP contribution >= 0.6 is 0 Å². The van der Waals surface area contributed by atoms with Crippen LogP contribution in [0.4, 0.5) is 11.5 Å². The van der Waals surface area contributed by atoms with Gasteiger partial charge in [-0.25, -0.2) is 4.98 Å². The first kappa shape index (κ1) is 15.2. The first-order valence-electron chi connectivity index (χ1n) is 6.78. The van der Waals surface area contributed by atoms with Gasteiger partial charge in [0.15, 0.2) is 0 Å². The van der Waals surface area contributed by atoms with Gasteiger partial charge < -0.3 is 15.0 Å². The van der Waals surface area contributed by atoms with Gasteiger partial charge in [0, 0.05) is 32.1 Å². The highest BCUT2D eigenvalue weighted by Crippen LogP contribution is 2.17. The summed E-state index contributed by atoms with van der Waals surface area (Å²) in [4.78, 5) is 27.9. The monoisotopic (exact) mass is 294 g/mol. The van der Waals surface area contributed by atoms with Crippen LogP contribution in [0.2, 0.25) is 0 Å². The average molecular weight is 294 g/mol. The van der Waals surface area contributed by atoms with Gasteiger partial charge in [0.1, 0.15) is 12.0 Å². The van der Waals surface area contributed by atoms with E-state index in [0.29, 0.717) is 50.7 Å². The fourth-order valence-corrected chi connectivity index (χ4v) is 2.10. The first-order valence-corrected chi connectivity index (χ1v) is 6.78. The summed E-state index contributed by atoms with van der Waals surface area (Å²) >= 11 is 0. The van der Waals surface area contributed by atoms with Gasteiger partial charge in [0.25, 0.3) is 5.69 Å².